The van der Waals surface area contributed by atoms with Crippen LogP contribution in [0.1, 0.15) is 113 Å². The van der Waals surface area contributed by atoms with Crippen molar-refractivity contribution in [2.24, 2.45) is 0 Å². The number of aromatic nitrogens is 17. The molecular weight excluding hydrogens is 1520 g/mol. The van der Waals surface area contributed by atoms with E-state index in [4.69, 9.17) is 56.6 Å². The molecule has 0 bridgehead atoms. The van der Waals surface area contributed by atoms with Gasteiger partial charge >= 0.3 is 6.18 Å². The number of nitrogen functional groups attached to an aromatic ring is 4. The van der Waals surface area contributed by atoms with Crippen molar-refractivity contribution < 1.29 is 63.2 Å². The molecule has 8 aromatic heterocycles. The van der Waals surface area contributed by atoms with E-state index in [1.807, 2.05) is 43.2 Å². The van der Waals surface area contributed by atoms with E-state index in [1.54, 1.807) is 0 Å². The van der Waals surface area contributed by atoms with Gasteiger partial charge in [0.25, 0.3) is 19.3 Å². The number of hydrogen-bond donors (Lipinski definition) is 4. The topological polar surface area (TPSA) is 395 Å². The molecule has 0 spiro atoms. The molecule has 0 unspecified atom stereocenters. The van der Waals surface area contributed by atoms with Gasteiger partial charge < -0.3 is 85.8 Å². The average Bonchev–Trinajstić information content (AvgIpc) is 0.792. The highest BCUT2D eigenvalue weighted by Gasteiger charge is 2.39. The van der Waals surface area contributed by atoms with Crippen LogP contribution in [0, 0.1) is 0 Å². The molecule has 0 saturated carbocycles. The summed E-state index contributed by atoms with van der Waals surface area (Å²) < 4.78 is 150. The maximum absolute atomic E-state index is 13.7. The fraction of sp³-hybridized carbons (Fsp3) is 0.569. The highest BCUT2D eigenvalue weighted by atomic mass is 19.4. The monoisotopic (exact) mass is 1610 g/mol. The molecule has 618 valence electrons. The number of ether oxygens (including phenoxy) is 5. The second-order valence-electron chi connectivity index (χ2n) is 28.2. The molecule has 8 N–H and O–H groups in total. The molecule has 8 aliphatic heterocycles. The number of nitrogens with two attached hydrogens (primary N) is 4. The van der Waals surface area contributed by atoms with Crippen molar-refractivity contribution in [3.63, 3.8) is 0 Å². The molecule has 0 radical (unpaired) electrons. The quantitative estimate of drug-likeness (QED) is 0.0702. The van der Waals surface area contributed by atoms with Crippen LogP contribution >= 0.6 is 0 Å². The normalized spacial score (nSPS) is 19.2. The van der Waals surface area contributed by atoms with Gasteiger partial charge in [0.2, 0.25) is 53.5 Å². The Morgan fingerprint density at radius 1 is 0.322 bits per heavy atom. The fourth-order valence-electron chi connectivity index (χ4n) is 14.0. The van der Waals surface area contributed by atoms with Crippen LogP contribution in [0.4, 0.5) is 111 Å². The van der Waals surface area contributed by atoms with E-state index in [0.717, 1.165) is 96.5 Å². The Balaban J connectivity index is 0.000000134. The molecule has 8 aromatic rings. The highest BCUT2D eigenvalue weighted by molar-refractivity contribution is 5.68. The smallest absolute Gasteiger partial charge is 0.384 e. The minimum atomic E-state index is -4.72. The number of halogens is 9. The van der Waals surface area contributed by atoms with Crippen molar-refractivity contribution in [1.82, 2.24) is 84.7 Å². The third-order valence-corrected chi connectivity index (χ3v) is 20.1. The lowest BCUT2D eigenvalue weighted by atomic mass is 10.1. The van der Waals surface area contributed by atoms with Crippen molar-refractivity contribution in [2.75, 3.05) is 220 Å². The fourth-order valence-corrected chi connectivity index (χ4v) is 14.0. The van der Waals surface area contributed by atoms with Crippen LogP contribution in [0.3, 0.4) is 0 Å². The number of anilines is 12. The Labute approximate surface area is 656 Å². The van der Waals surface area contributed by atoms with Crippen LogP contribution in [-0.4, -0.2) is 255 Å². The molecule has 8 saturated heterocycles. The molecule has 0 aliphatic carbocycles. The standard InChI is InChI=1S/2C19H25F2N7O.C17H21F3N8O.C17H21F2N7O2/c2*1-12-11-29-8-7-28(12)19-25-17(14-10-23-15(22)9-13(14)16(20)21)24-18(26-19)27-5-3-2-4-6-27;18-17(19,20)12-11(10-22-14(21)23-12)13-24-15(27-4-2-1-3-5-27)26-16(25-13)28-6-8-29-9-7-28;18-14(19)11-9-13(20)21-10-12(11)15-22-16(25-1-5-27-6-2-25)24-17(23-15)26-3-7-28-8-4-26/h2*9-10,12,16H,2-8,11H2,1H3,(H2,22,23);10H,1-9H2,(H2,21,22,23);9-10,14H,1-8H2,(H2,20,21)/t2*12-;;/m00../s1. The summed E-state index contributed by atoms with van der Waals surface area (Å²) in [6.07, 6.45) is 1.68. The molecule has 16 heterocycles. The number of morpholine rings is 5. The molecule has 115 heavy (non-hydrogen) atoms. The van der Waals surface area contributed by atoms with E-state index < -0.39 is 37.1 Å². The summed E-state index contributed by atoms with van der Waals surface area (Å²) in [6, 6.07) is 3.68. The minimum Gasteiger partial charge on any atom is -0.384 e. The van der Waals surface area contributed by atoms with E-state index >= 15 is 0 Å². The first-order valence-electron chi connectivity index (χ1n) is 38.4. The zero-order valence-corrected chi connectivity index (χ0v) is 63.7. The number of hydrogen-bond acceptors (Lipinski definition) is 34. The summed E-state index contributed by atoms with van der Waals surface area (Å²) in [4.78, 5) is 89.5. The van der Waals surface area contributed by atoms with Gasteiger partial charge in [0.15, 0.2) is 29.0 Å². The first kappa shape index (κ1) is 82.3. The number of nitrogens with zero attached hydrogens (tertiary/aromatic N) is 25. The zero-order chi connectivity index (χ0) is 80.7. The Hall–Kier alpha value is -10.7. The Kier molecular flexibility index (Phi) is 27.3. The number of pyridine rings is 3. The van der Waals surface area contributed by atoms with Gasteiger partial charge in [-0.1, -0.05) is 0 Å². The molecule has 43 heteroatoms. The van der Waals surface area contributed by atoms with Crippen molar-refractivity contribution in [3.05, 3.63) is 65.4 Å². The van der Waals surface area contributed by atoms with Crippen LogP contribution in [-0.2, 0) is 29.9 Å². The lowest BCUT2D eigenvalue weighted by molar-refractivity contribution is -0.140. The van der Waals surface area contributed by atoms with Gasteiger partial charge in [0, 0.05) is 150 Å². The SMILES string of the molecule is C[C@H]1COCCN1c1nc(-c2cnc(N)cc2C(F)F)nc(N2CCCCC2)n1.C[C@H]1COCCN1c1nc(-c2cnc(N)cc2C(F)F)nc(N2CCCCC2)n1.Nc1cc(C(F)F)c(-c2nc(N3CCOCC3)nc(N3CCOCC3)n2)cn1.Nc1ncc(-c2nc(N3CCCCC3)nc(N3CCOCC3)n2)c(C(F)(F)F)n1. The Morgan fingerprint density at radius 3 is 0.870 bits per heavy atom. The number of piperidine rings is 3. The first-order valence-corrected chi connectivity index (χ1v) is 38.4. The molecule has 0 amide bonds. The maximum atomic E-state index is 13.7. The van der Waals surface area contributed by atoms with Crippen LogP contribution in [0.2, 0.25) is 0 Å². The third kappa shape index (κ3) is 20.9. The van der Waals surface area contributed by atoms with Crippen LogP contribution in [0.25, 0.3) is 45.6 Å². The van der Waals surface area contributed by atoms with E-state index in [0.29, 0.717) is 166 Å². The van der Waals surface area contributed by atoms with E-state index in [2.05, 4.69) is 84.6 Å². The van der Waals surface area contributed by atoms with Crippen molar-refractivity contribution in [2.45, 2.75) is 109 Å². The zero-order valence-electron chi connectivity index (χ0n) is 63.7. The Bertz CT molecular complexity index is 4330. The second kappa shape index (κ2) is 38.2. The molecule has 8 fully saturated rings. The van der Waals surface area contributed by atoms with Crippen LogP contribution in [0.5, 0.6) is 0 Å². The molecule has 0 aromatic carbocycles. The third-order valence-electron chi connectivity index (χ3n) is 20.1. The van der Waals surface area contributed by atoms with Crippen molar-refractivity contribution in [3.8, 4) is 45.6 Å². The van der Waals surface area contributed by atoms with E-state index in [-0.39, 0.29) is 91.8 Å². The summed E-state index contributed by atoms with van der Waals surface area (Å²) in [5.41, 5.74) is 20.6. The predicted octanol–water partition coefficient (Wildman–Crippen LogP) is 8.22. The van der Waals surface area contributed by atoms with Crippen molar-refractivity contribution in [1.29, 1.82) is 0 Å². The maximum Gasteiger partial charge on any atom is 0.434 e. The minimum absolute atomic E-state index is 0.0231. The molecule has 34 nitrogen and oxygen atoms in total. The number of rotatable bonds is 15. The van der Waals surface area contributed by atoms with E-state index in [1.165, 1.54) is 43.6 Å². The molecular formula is C72H92F9N29O5. The van der Waals surface area contributed by atoms with Gasteiger partial charge in [-0.2, -0.15) is 73.0 Å². The summed E-state index contributed by atoms with van der Waals surface area (Å²) >= 11 is 0. The predicted molar refractivity (Wildman–Crippen MR) is 410 cm³/mol. The van der Waals surface area contributed by atoms with Gasteiger partial charge in [-0.15, -0.1) is 0 Å². The van der Waals surface area contributed by atoms with Gasteiger partial charge in [-0.25, -0.2) is 51.3 Å². The first-order chi connectivity index (χ1) is 55.6. The van der Waals surface area contributed by atoms with Gasteiger partial charge in [-0.3, -0.25) is 0 Å². The molecule has 8 aliphatic rings. The average molecular weight is 1610 g/mol. The summed E-state index contributed by atoms with van der Waals surface area (Å²) in [7, 11) is 0. The van der Waals surface area contributed by atoms with Gasteiger partial charge in [0.05, 0.1) is 83.7 Å². The summed E-state index contributed by atoms with van der Waals surface area (Å²) in [5.74, 6) is 3.60. The lowest BCUT2D eigenvalue weighted by Gasteiger charge is -2.34. The van der Waals surface area contributed by atoms with Crippen LogP contribution < -0.4 is 62.1 Å². The Morgan fingerprint density at radius 2 is 0.583 bits per heavy atom. The molecule has 16 rings (SSSR count). The summed E-state index contributed by atoms with van der Waals surface area (Å²) in [6.45, 7) is 19.2. The largest absolute Gasteiger partial charge is 0.434 e. The van der Waals surface area contributed by atoms with Gasteiger partial charge in [0.1, 0.15) is 17.5 Å². The van der Waals surface area contributed by atoms with Crippen LogP contribution in [0.15, 0.2) is 43.0 Å². The lowest BCUT2D eigenvalue weighted by Crippen LogP contribution is -2.45. The number of alkyl halides is 9. The van der Waals surface area contributed by atoms with E-state index in [9.17, 15) is 39.5 Å². The van der Waals surface area contributed by atoms with Crippen molar-refractivity contribution >= 4 is 71.0 Å². The highest BCUT2D eigenvalue weighted by Crippen LogP contribution is 2.39. The molecule has 2 atom stereocenters. The van der Waals surface area contributed by atoms with Gasteiger partial charge in [-0.05, 0) is 89.8 Å². The summed E-state index contributed by atoms with van der Waals surface area (Å²) in [5, 5.41) is 0. The second-order valence-corrected chi connectivity index (χ2v) is 28.2.